The Kier molecular flexibility index (Phi) is 5.24. The predicted molar refractivity (Wildman–Crippen MR) is 109 cm³/mol. The van der Waals surface area contributed by atoms with E-state index in [0.717, 1.165) is 35.4 Å². The number of nitrogens with zero attached hydrogens (tertiary/aromatic N) is 4. The van der Waals surface area contributed by atoms with Crippen LogP contribution in [0.5, 0.6) is 0 Å². The average molecular weight is 370 g/mol. The largest absolute Gasteiger partial charge is 0.338 e. The molecule has 140 valence electrons. The first-order valence-corrected chi connectivity index (χ1v) is 9.48. The first kappa shape index (κ1) is 18.0. The van der Waals surface area contributed by atoms with E-state index in [1.807, 2.05) is 66.7 Å². The van der Waals surface area contributed by atoms with E-state index in [4.69, 9.17) is 0 Å². The summed E-state index contributed by atoms with van der Waals surface area (Å²) in [5.41, 5.74) is 5.89. The fourth-order valence-electron chi connectivity index (χ4n) is 3.60. The molecule has 0 bridgehead atoms. The van der Waals surface area contributed by atoms with E-state index >= 15 is 0 Å². The molecule has 3 aromatic heterocycles. The van der Waals surface area contributed by atoms with Crippen molar-refractivity contribution in [3.8, 4) is 0 Å². The molecule has 0 radical (unpaired) electrons. The topological polar surface area (TPSA) is 59.0 Å². The van der Waals surface area contributed by atoms with E-state index in [-0.39, 0.29) is 5.91 Å². The molecular weight excluding hydrogens is 348 g/mol. The maximum absolute atomic E-state index is 12.8. The quantitative estimate of drug-likeness (QED) is 0.701. The summed E-state index contributed by atoms with van der Waals surface area (Å²) in [5.74, 6) is 0.0486. The Hall–Kier alpha value is -3.34. The van der Waals surface area contributed by atoms with Gasteiger partial charge >= 0.3 is 0 Å². The maximum atomic E-state index is 12.8. The molecule has 0 spiro atoms. The van der Waals surface area contributed by atoms with Crippen molar-refractivity contribution < 1.29 is 4.79 Å². The zero-order chi connectivity index (χ0) is 19.3. The third-order valence-corrected chi connectivity index (χ3v) is 4.97. The summed E-state index contributed by atoms with van der Waals surface area (Å²) in [6.45, 7) is 3.32. The van der Waals surface area contributed by atoms with Crippen LogP contribution in [0.1, 0.15) is 40.2 Å². The molecule has 4 heterocycles. The summed E-state index contributed by atoms with van der Waals surface area (Å²) >= 11 is 0. The molecule has 4 rings (SSSR count). The minimum absolute atomic E-state index is 0.0486. The van der Waals surface area contributed by atoms with E-state index in [2.05, 4.69) is 15.0 Å². The summed E-state index contributed by atoms with van der Waals surface area (Å²) < 4.78 is 0. The molecule has 1 aliphatic rings. The summed E-state index contributed by atoms with van der Waals surface area (Å²) in [4.78, 5) is 28.0. The molecule has 1 fully saturated rings. The van der Waals surface area contributed by atoms with Crippen molar-refractivity contribution in [1.82, 2.24) is 19.9 Å². The molecule has 0 aliphatic carbocycles. The summed E-state index contributed by atoms with van der Waals surface area (Å²) in [5, 5.41) is 0. The van der Waals surface area contributed by atoms with Crippen LogP contribution in [-0.2, 0) is 0 Å². The van der Waals surface area contributed by atoms with Crippen molar-refractivity contribution in [3.05, 3.63) is 95.3 Å². The van der Waals surface area contributed by atoms with Crippen LogP contribution in [0.4, 0.5) is 0 Å². The van der Waals surface area contributed by atoms with Gasteiger partial charge in [-0.2, -0.15) is 0 Å². The Balaban J connectivity index is 1.60. The van der Waals surface area contributed by atoms with Crippen LogP contribution in [0.15, 0.2) is 72.8 Å². The molecule has 28 heavy (non-hydrogen) atoms. The lowest BCUT2D eigenvalue weighted by Gasteiger charge is -2.30. The standard InChI is InChI=1S/C23H22N4O/c1-17-14-19(16-24-15-17)23(28)27-12-8-18(9-13-27)22(20-6-2-4-10-25-20)21-7-3-5-11-26-21/h2-7,10-11,14-16H,8-9,12-13H2,1H3. The lowest BCUT2D eigenvalue weighted by atomic mass is 9.93. The van der Waals surface area contributed by atoms with Gasteiger partial charge in [0.15, 0.2) is 0 Å². The number of aromatic nitrogens is 3. The van der Waals surface area contributed by atoms with Gasteiger partial charge in [-0.05, 0) is 55.7 Å². The molecule has 5 nitrogen and oxygen atoms in total. The highest BCUT2D eigenvalue weighted by Gasteiger charge is 2.24. The van der Waals surface area contributed by atoms with E-state index < -0.39 is 0 Å². The highest BCUT2D eigenvalue weighted by atomic mass is 16.2. The molecule has 5 heteroatoms. The van der Waals surface area contributed by atoms with Gasteiger partial charge in [0.1, 0.15) is 0 Å². The Bertz CT molecular complexity index is 948. The van der Waals surface area contributed by atoms with Gasteiger partial charge in [0, 0.05) is 43.4 Å². The minimum atomic E-state index is 0.0486. The van der Waals surface area contributed by atoms with Gasteiger partial charge in [0.05, 0.1) is 17.0 Å². The van der Waals surface area contributed by atoms with E-state index in [1.165, 1.54) is 5.57 Å². The van der Waals surface area contributed by atoms with Crippen LogP contribution >= 0.6 is 0 Å². The zero-order valence-corrected chi connectivity index (χ0v) is 15.9. The molecule has 3 aromatic rings. The first-order chi connectivity index (χ1) is 13.7. The van der Waals surface area contributed by atoms with Gasteiger partial charge < -0.3 is 4.90 Å². The van der Waals surface area contributed by atoms with E-state index in [1.54, 1.807) is 12.4 Å². The van der Waals surface area contributed by atoms with Crippen LogP contribution in [0.3, 0.4) is 0 Å². The number of carbonyl (C=O) groups excluding carboxylic acids is 1. The number of piperidine rings is 1. The molecule has 0 aromatic carbocycles. The van der Waals surface area contributed by atoms with Gasteiger partial charge in [-0.1, -0.05) is 17.7 Å². The van der Waals surface area contributed by atoms with Gasteiger partial charge in [-0.25, -0.2) is 0 Å². The normalized spacial score (nSPS) is 14.0. The minimum Gasteiger partial charge on any atom is -0.338 e. The van der Waals surface area contributed by atoms with Crippen molar-refractivity contribution in [1.29, 1.82) is 0 Å². The second-order valence-corrected chi connectivity index (χ2v) is 6.95. The molecule has 1 amide bonds. The van der Waals surface area contributed by atoms with Crippen LogP contribution in [-0.4, -0.2) is 38.8 Å². The van der Waals surface area contributed by atoms with Crippen LogP contribution < -0.4 is 0 Å². The van der Waals surface area contributed by atoms with E-state index in [0.29, 0.717) is 18.7 Å². The zero-order valence-electron chi connectivity index (χ0n) is 15.9. The molecule has 1 saturated heterocycles. The number of carbonyl (C=O) groups is 1. The van der Waals surface area contributed by atoms with Crippen molar-refractivity contribution >= 4 is 11.5 Å². The molecule has 0 N–H and O–H groups in total. The lowest BCUT2D eigenvalue weighted by Crippen LogP contribution is -2.36. The Morgan fingerprint density at radius 3 is 2.11 bits per heavy atom. The number of likely N-dealkylation sites (tertiary alicyclic amines) is 1. The highest BCUT2D eigenvalue weighted by Crippen LogP contribution is 2.30. The van der Waals surface area contributed by atoms with Gasteiger partial charge in [-0.3, -0.25) is 19.7 Å². The second kappa shape index (κ2) is 8.13. The maximum Gasteiger partial charge on any atom is 0.255 e. The number of hydrogen-bond acceptors (Lipinski definition) is 4. The molecule has 0 unspecified atom stereocenters. The third-order valence-electron chi connectivity index (χ3n) is 4.97. The smallest absolute Gasteiger partial charge is 0.255 e. The summed E-state index contributed by atoms with van der Waals surface area (Å²) in [6.07, 6.45) is 8.65. The van der Waals surface area contributed by atoms with Crippen molar-refractivity contribution in [2.45, 2.75) is 19.8 Å². The predicted octanol–water partition coefficient (Wildman–Crippen LogP) is 3.92. The SMILES string of the molecule is Cc1cncc(C(=O)N2CCC(=C(c3ccccn3)c3ccccn3)CC2)c1. The molecule has 0 saturated carbocycles. The van der Waals surface area contributed by atoms with Crippen LogP contribution in [0.25, 0.3) is 5.57 Å². The number of hydrogen-bond donors (Lipinski definition) is 0. The molecule has 1 aliphatic heterocycles. The van der Waals surface area contributed by atoms with Crippen LogP contribution in [0, 0.1) is 6.92 Å². The van der Waals surface area contributed by atoms with Crippen LogP contribution in [0.2, 0.25) is 0 Å². The van der Waals surface area contributed by atoms with E-state index in [9.17, 15) is 4.79 Å². The lowest BCUT2D eigenvalue weighted by molar-refractivity contribution is 0.0743. The Morgan fingerprint density at radius 2 is 1.57 bits per heavy atom. The number of rotatable bonds is 3. The number of amides is 1. The summed E-state index contributed by atoms with van der Waals surface area (Å²) in [7, 11) is 0. The van der Waals surface area contributed by atoms with Gasteiger partial charge in [0.25, 0.3) is 5.91 Å². The number of pyridine rings is 3. The fraction of sp³-hybridized carbons (Fsp3) is 0.217. The average Bonchev–Trinajstić information content (AvgIpc) is 2.75. The molecule has 0 atom stereocenters. The van der Waals surface area contributed by atoms with Crippen molar-refractivity contribution in [2.75, 3.05) is 13.1 Å². The van der Waals surface area contributed by atoms with Crippen molar-refractivity contribution in [2.24, 2.45) is 0 Å². The van der Waals surface area contributed by atoms with Crippen molar-refractivity contribution in [3.63, 3.8) is 0 Å². The van der Waals surface area contributed by atoms with Gasteiger partial charge in [-0.15, -0.1) is 0 Å². The Morgan fingerprint density at radius 1 is 0.929 bits per heavy atom. The second-order valence-electron chi connectivity index (χ2n) is 6.95. The monoisotopic (exact) mass is 370 g/mol. The highest BCUT2D eigenvalue weighted by molar-refractivity contribution is 5.94. The third kappa shape index (κ3) is 3.83. The first-order valence-electron chi connectivity index (χ1n) is 9.48. The molecular formula is C23H22N4O. The fourth-order valence-corrected chi connectivity index (χ4v) is 3.60. The summed E-state index contributed by atoms with van der Waals surface area (Å²) in [6, 6.07) is 13.8. The van der Waals surface area contributed by atoms with Gasteiger partial charge in [0.2, 0.25) is 0 Å². The number of aryl methyl sites for hydroxylation is 1. The Labute approximate surface area is 164 Å².